The summed E-state index contributed by atoms with van der Waals surface area (Å²) in [5, 5.41) is 5.85. The molecular formula is C26H25N4O3+. The first-order valence-corrected chi connectivity index (χ1v) is 11.0. The van der Waals surface area contributed by atoms with Crippen molar-refractivity contribution in [2.75, 3.05) is 5.32 Å². The van der Waals surface area contributed by atoms with Crippen molar-refractivity contribution in [2.45, 2.75) is 38.1 Å². The smallest absolute Gasteiger partial charge is 0.456 e. The number of ether oxygens (including phenoxy) is 1. The monoisotopic (exact) mass is 441 g/mol. The lowest BCUT2D eigenvalue weighted by atomic mass is 10.1. The van der Waals surface area contributed by atoms with Crippen molar-refractivity contribution in [3.63, 3.8) is 0 Å². The normalized spacial score (nSPS) is 18.6. The maximum absolute atomic E-state index is 12.8. The number of nitrogens with one attached hydrogen (secondary N) is 2. The van der Waals surface area contributed by atoms with E-state index in [4.69, 9.17) is 4.74 Å². The van der Waals surface area contributed by atoms with Gasteiger partial charge in [0.1, 0.15) is 29.0 Å². The van der Waals surface area contributed by atoms with Crippen LogP contribution in [-0.4, -0.2) is 34.3 Å². The van der Waals surface area contributed by atoms with E-state index in [0.717, 1.165) is 17.5 Å². The van der Waals surface area contributed by atoms with E-state index in [1.807, 2.05) is 37.3 Å². The standard InChI is InChI=1S/C26H24N4O3/c1-16-8-9-18(30(2)26(32)28-21-15-20(21)17-6-4-3-5-7-17)14-23(16)33-22-12-13-27-25-19(22)10-11-24(31)29-25/h3-9,12-14,20-21H,2,10-11,15H2,1H3,(H-,27,28,29,31,32)/p+1/t20-,21-/m0/s1. The highest BCUT2D eigenvalue weighted by atomic mass is 16.5. The van der Waals surface area contributed by atoms with E-state index in [2.05, 4.69) is 34.5 Å². The van der Waals surface area contributed by atoms with Gasteiger partial charge in [0.25, 0.3) is 0 Å². The highest BCUT2D eigenvalue weighted by Crippen LogP contribution is 2.41. The van der Waals surface area contributed by atoms with Crippen LogP contribution in [0.2, 0.25) is 0 Å². The molecule has 2 aromatic carbocycles. The van der Waals surface area contributed by atoms with Crippen LogP contribution in [0.3, 0.4) is 0 Å². The highest BCUT2D eigenvalue weighted by Gasteiger charge is 2.44. The van der Waals surface area contributed by atoms with Crippen molar-refractivity contribution in [1.82, 2.24) is 10.3 Å². The first kappa shape index (κ1) is 20.9. The van der Waals surface area contributed by atoms with Crippen LogP contribution < -0.4 is 15.4 Å². The molecule has 7 heteroatoms. The number of hydrogen-bond donors (Lipinski definition) is 2. The molecular weight excluding hydrogens is 416 g/mol. The number of pyridine rings is 1. The Balaban J connectivity index is 1.30. The van der Waals surface area contributed by atoms with Crippen molar-refractivity contribution in [1.29, 1.82) is 0 Å². The molecule has 0 saturated heterocycles. The van der Waals surface area contributed by atoms with Gasteiger partial charge >= 0.3 is 6.03 Å². The third-order valence-corrected chi connectivity index (χ3v) is 6.15. The molecule has 33 heavy (non-hydrogen) atoms. The Bertz CT molecular complexity index is 1260. The van der Waals surface area contributed by atoms with Gasteiger partial charge < -0.3 is 10.1 Å². The molecule has 5 rings (SSSR count). The number of aromatic nitrogens is 1. The summed E-state index contributed by atoms with van der Waals surface area (Å²) in [6, 6.07) is 17.4. The van der Waals surface area contributed by atoms with E-state index in [1.165, 1.54) is 10.1 Å². The van der Waals surface area contributed by atoms with E-state index < -0.39 is 0 Å². The van der Waals surface area contributed by atoms with Gasteiger partial charge in [0.15, 0.2) is 0 Å². The number of carbonyl (C=O) groups excluding carboxylic acids is 2. The van der Waals surface area contributed by atoms with Crippen LogP contribution in [0.1, 0.15) is 35.4 Å². The molecule has 1 aliphatic heterocycles. The second kappa shape index (κ2) is 8.50. The van der Waals surface area contributed by atoms with Crippen LogP contribution in [0.15, 0.2) is 60.8 Å². The van der Waals surface area contributed by atoms with Crippen molar-refractivity contribution in [3.8, 4) is 11.5 Å². The van der Waals surface area contributed by atoms with Crippen LogP contribution in [0, 0.1) is 6.92 Å². The van der Waals surface area contributed by atoms with E-state index >= 15 is 0 Å². The average molecular weight is 442 g/mol. The lowest BCUT2D eigenvalue weighted by molar-refractivity contribution is -0.323. The largest absolute Gasteiger partial charge is 0.495 e. The minimum atomic E-state index is -0.253. The maximum Gasteiger partial charge on any atom is 0.495 e. The topological polar surface area (TPSA) is 83.3 Å². The summed E-state index contributed by atoms with van der Waals surface area (Å²) in [4.78, 5) is 28.7. The third kappa shape index (κ3) is 4.35. The fraction of sp³-hybridized carbons (Fsp3) is 0.231. The minimum Gasteiger partial charge on any atom is -0.456 e. The number of hydrogen-bond acceptors (Lipinski definition) is 4. The summed E-state index contributed by atoms with van der Waals surface area (Å²) in [6.07, 6.45) is 3.50. The highest BCUT2D eigenvalue weighted by molar-refractivity contribution is 5.93. The molecule has 1 fully saturated rings. The van der Waals surface area contributed by atoms with Crippen LogP contribution in [0.25, 0.3) is 0 Å². The van der Waals surface area contributed by atoms with Crippen LogP contribution in [0.4, 0.5) is 16.3 Å². The number of aryl methyl sites for hydroxylation is 1. The Hall–Kier alpha value is -4.00. The third-order valence-electron chi connectivity index (χ3n) is 6.15. The van der Waals surface area contributed by atoms with Crippen LogP contribution in [0.5, 0.6) is 11.5 Å². The van der Waals surface area contributed by atoms with Gasteiger partial charge in [0.05, 0.1) is 6.72 Å². The zero-order valence-electron chi connectivity index (χ0n) is 18.4. The first-order chi connectivity index (χ1) is 16.0. The molecule has 0 spiro atoms. The van der Waals surface area contributed by atoms with Crippen LogP contribution >= 0.6 is 0 Å². The number of amides is 3. The number of rotatable bonds is 5. The van der Waals surface area contributed by atoms with Gasteiger partial charge in [-0.2, -0.15) is 9.37 Å². The van der Waals surface area contributed by atoms with Crippen molar-refractivity contribution < 1.29 is 18.9 Å². The van der Waals surface area contributed by atoms with Gasteiger partial charge in [0.2, 0.25) is 5.91 Å². The van der Waals surface area contributed by atoms with Gasteiger partial charge in [-0.3, -0.25) is 4.79 Å². The van der Waals surface area contributed by atoms with Crippen molar-refractivity contribution >= 4 is 30.2 Å². The number of urea groups is 1. The lowest BCUT2D eigenvalue weighted by Gasteiger charge is -2.19. The molecule has 1 saturated carbocycles. The summed E-state index contributed by atoms with van der Waals surface area (Å²) in [5.41, 5.74) is 3.65. The predicted molar refractivity (Wildman–Crippen MR) is 126 cm³/mol. The molecule has 3 aromatic rings. The maximum atomic E-state index is 12.8. The van der Waals surface area contributed by atoms with Gasteiger partial charge in [-0.15, -0.1) is 0 Å². The number of benzene rings is 2. The molecule has 166 valence electrons. The minimum absolute atomic E-state index is 0.0470. The molecule has 7 nitrogen and oxygen atoms in total. The Kier molecular flexibility index (Phi) is 5.38. The molecule has 2 atom stereocenters. The zero-order chi connectivity index (χ0) is 22.9. The predicted octanol–water partition coefficient (Wildman–Crippen LogP) is 4.68. The molecule has 0 bridgehead atoms. The van der Waals surface area contributed by atoms with Gasteiger partial charge in [-0.05, 0) is 43.0 Å². The van der Waals surface area contributed by atoms with Gasteiger partial charge in [-0.25, -0.2) is 10.3 Å². The molecule has 0 unspecified atom stereocenters. The van der Waals surface area contributed by atoms with E-state index in [1.54, 1.807) is 18.3 Å². The van der Waals surface area contributed by atoms with E-state index in [9.17, 15) is 9.59 Å². The number of nitrogens with zero attached hydrogens (tertiary/aromatic N) is 2. The molecule has 3 amide bonds. The van der Waals surface area contributed by atoms with E-state index in [0.29, 0.717) is 41.8 Å². The SMILES string of the molecule is C=[N+](C(=O)N[C@H]1C[C@H]1c1ccccc1)c1ccc(C)c(Oc2ccnc3c2CCC(=O)N3)c1. The lowest BCUT2D eigenvalue weighted by Crippen LogP contribution is -2.32. The summed E-state index contributed by atoms with van der Waals surface area (Å²) in [6.45, 7) is 5.89. The van der Waals surface area contributed by atoms with Crippen molar-refractivity contribution in [3.05, 3.63) is 77.5 Å². The molecule has 1 aromatic heterocycles. The summed E-state index contributed by atoms with van der Waals surface area (Å²) >= 11 is 0. The Morgan fingerprint density at radius 1 is 1.15 bits per heavy atom. The quantitative estimate of drug-likeness (QED) is 0.445. The Morgan fingerprint density at radius 3 is 2.79 bits per heavy atom. The molecule has 2 aliphatic rings. The first-order valence-electron chi connectivity index (χ1n) is 11.0. The molecule has 1 aliphatic carbocycles. The van der Waals surface area contributed by atoms with Gasteiger partial charge in [0, 0.05) is 30.2 Å². The van der Waals surface area contributed by atoms with Crippen LogP contribution in [-0.2, 0) is 11.2 Å². The van der Waals surface area contributed by atoms with Crippen molar-refractivity contribution in [2.24, 2.45) is 0 Å². The summed E-state index contributed by atoms with van der Waals surface area (Å²) in [5.74, 6) is 2.10. The molecule has 2 N–H and O–H groups in total. The average Bonchev–Trinajstić information content (AvgIpc) is 3.59. The fourth-order valence-electron chi connectivity index (χ4n) is 4.11. The summed E-state index contributed by atoms with van der Waals surface area (Å²) < 4.78 is 7.56. The fourth-order valence-corrected chi connectivity index (χ4v) is 4.11. The molecule has 0 radical (unpaired) electrons. The Labute approximate surface area is 192 Å². The zero-order valence-corrected chi connectivity index (χ0v) is 18.4. The Morgan fingerprint density at radius 2 is 1.97 bits per heavy atom. The number of fused-ring (bicyclic) bond motifs is 1. The van der Waals surface area contributed by atoms with E-state index in [-0.39, 0.29) is 18.0 Å². The van der Waals surface area contributed by atoms with Gasteiger partial charge in [-0.1, -0.05) is 36.4 Å². The number of carbonyl (C=O) groups is 2. The second-order valence-electron chi connectivity index (χ2n) is 8.47. The summed E-state index contributed by atoms with van der Waals surface area (Å²) in [7, 11) is 0. The number of anilines is 1. The second-order valence-corrected chi connectivity index (χ2v) is 8.47. The molecule has 2 heterocycles.